The van der Waals surface area contributed by atoms with Crippen LogP contribution in [0.25, 0.3) is 0 Å². The van der Waals surface area contributed by atoms with Crippen molar-refractivity contribution < 1.29 is 13.2 Å². The molecule has 0 unspecified atom stereocenters. The monoisotopic (exact) mass is 497 g/mol. The van der Waals surface area contributed by atoms with Crippen LogP contribution < -0.4 is 10.0 Å². The van der Waals surface area contributed by atoms with Crippen molar-refractivity contribution in [2.24, 2.45) is 0 Å². The Bertz CT molecular complexity index is 881. The quantitative estimate of drug-likeness (QED) is 0.610. The van der Waals surface area contributed by atoms with Crippen molar-refractivity contribution in [3.63, 3.8) is 0 Å². The average molecular weight is 498 g/mol. The van der Waals surface area contributed by atoms with Gasteiger partial charge in [-0.15, -0.1) is 0 Å². The van der Waals surface area contributed by atoms with Crippen LogP contribution in [0, 0.1) is 6.92 Å². The standard InChI is InChI=1S/C23H39N5O3S2/c1-17-21(33(30,31)26-18-13-15-27(2)16-14-18)32-22(24-17)25-23(29)28(19-9-5-3-6-10-19)20-11-7-4-8-12-20/h18-20,26H,3-16H2,1-2H3,(H,24,25,29). The molecule has 3 fully saturated rings. The van der Waals surface area contributed by atoms with E-state index in [0.29, 0.717) is 10.8 Å². The van der Waals surface area contributed by atoms with Gasteiger partial charge in [-0.1, -0.05) is 49.9 Å². The molecule has 1 aliphatic heterocycles. The van der Waals surface area contributed by atoms with E-state index in [-0.39, 0.29) is 28.4 Å². The van der Waals surface area contributed by atoms with Crippen molar-refractivity contribution in [2.75, 3.05) is 25.5 Å². The second-order valence-electron chi connectivity index (χ2n) is 10.0. The number of carbonyl (C=O) groups is 1. The number of carbonyl (C=O) groups excluding carboxylic acids is 1. The number of nitrogens with zero attached hydrogens (tertiary/aromatic N) is 3. The Morgan fingerprint density at radius 1 is 0.970 bits per heavy atom. The van der Waals surface area contributed by atoms with E-state index < -0.39 is 10.0 Å². The summed E-state index contributed by atoms with van der Waals surface area (Å²) in [5, 5.41) is 3.35. The zero-order valence-corrected chi connectivity index (χ0v) is 21.6. The number of aromatic nitrogens is 1. The van der Waals surface area contributed by atoms with E-state index in [4.69, 9.17) is 0 Å². The minimum atomic E-state index is -3.66. The maximum absolute atomic E-state index is 13.4. The molecule has 0 spiro atoms. The van der Waals surface area contributed by atoms with Crippen molar-refractivity contribution in [1.29, 1.82) is 0 Å². The number of aryl methyl sites for hydroxylation is 1. The molecule has 2 amide bonds. The van der Waals surface area contributed by atoms with Crippen LogP contribution in [0.5, 0.6) is 0 Å². The molecule has 2 N–H and O–H groups in total. The minimum Gasteiger partial charge on any atom is -0.319 e. The molecule has 2 aliphatic carbocycles. The first-order valence-electron chi connectivity index (χ1n) is 12.6. The second kappa shape index (κ2) is 11.0. The fraction of sp³-hybridized carbons (Fsp3) is 0.826. The number of urea groups is 1. The van der Waals surface area contributed by atoms with Crippen LogP contribution in [0.4, 0.5) is 9.93 Å². The first-order valence-corrected chi connectivity index (χ1v) is 14.9. The highest BCUT2D eigenvalue weighted by molar-refractivity contribution is 7.91. The molecule has 3 aliphatic rings. The fourth-order valence-electron chi connectivity index (χ4n) is 5.59. The van der Waals surface area contributed by atoms with Crippen LogP contribution >= 0.6 is 11.3 Å². The molecule has 0 atom stereocenters. The van der Waals surface area contributed by atoms with Gasteiger partial charge in [0, 0.05) is 18.1 Å². The highest BCUT2D eigenvalue weighted by Gasteiger charge is 2.34. The summed E-state index contributed by atoms with van der Waals surface area (Å²) in [5.74, 6) is 0. The van der Waals surface area contributed by atoms with Crippen LogP contribution in [0.1, 0.15) is 82.7 Å². The molecule has 33 heavy (non-hydrogen) atoms. The Morgan fingerprint density at radius 3 is 2.06 bits per heavy atom. The largest absolute Gasteiger partial charge is 0.324 e. The number of nitrogens with one attached hydrogen (secondary N) is 2. The van der Waals surface area contributed by atoms with Gasteiger partial charge in [0.25, 0.3) is 10.0 Å². The number of hydrogen-bond donors (Lipinski definition) is 2. The summed E-state index contributed by atoms with van der Waals surface area (Å²) in [4.78, 5) is 22.2. The van der Waals surface area contributed by atoms with Crippen LogP contribution in [0.3, 0.4) is 0 Å². The molecule has 1 saturated heterocycles. The lowest BCUT2D eigenvalue weighted by atomic mass is 9.89. The zero-order chi connectivity index (χ0) is 23.4. The van der Waals surface area contributed by atoms with Crippen LogP contribution in [-0.4, -0.2) is 67.5 Å². The van der Waals surface area contributed by atoms with E-state index in [9.17, 15) is 13.2 Å². The van der Waals surface area contributed by atoms with Crippen molar-refractivity contribution in [1.82, 2.24) is 19.5 Å². The van der Waals surface area contributed by atoms with Gasteiger partial charge in [-0.05, 0) is 65.6 Å². The number of hydrogen-bond acceptors (Lipinski definition) is 6. The predicted octanol–water partition coefficient (Wildman–Crippen LogP) is 4.32. The van der Waals surface area contributed by atoms with Crippen molar-refractivity contribution in [2.45, 2.75) is 106 Å². The molecule has 0 bridgehead atoms. The van der Waals surface area contributed by atoms with Gasteiger partial charge in [0.15, 0.2) is 9.34 Å². The van der Waals surface area contributed by atoms with E-state index in [1.807, 2.05) is 0 Å². The van der Waals surface area contributed by atoms with Gasteiger partial charge >= 0.3 is 6.03 Å². The first kappa shape index (κ1) is 24.9. The lowest BCUT2D eigenvalue weighted by Gasteiger charge is -2.41. The maximum atomic E-state index is 13.4. The second-order valence-corrected chi connectivity index (χ2v) is 12.9. The molecular weight excluding hydrogens is 458 g/mol. The SMILES string of the molecule is Cc1nc(NC(=O)N(C2CCCCC2)C2CCCCC2)sc1S(=O)(=O)NC1CCN(C)CC1. The van der Waals surface area contributed by atoms with E-state index in [2.05, 4.69) is 31.9 Å². The minimum absolute atomic E-state index is 0.0566. The molecule has 2 saturated carbocycles. The third-order valence-corrected chi connectivity index (χ3v) is 10.6. The molecule has 8 nitrogen and oxygen atoms in total. The van der Waals surface area contributed by atoms with Crippen LogP contribution in [-0.2, 0) is 10.0 Å². The molecule has 0 radical (unpaired) electrons. The summed E-state index contributed by atoms with van der Waals surface area (Å²) >= 11 is 1.06. The number of amides is 2. The molecule has 186 valence electrons. The topological polar surface area (TPSA) is 94.6 Å². The fourth-order valence-corrected chi connectivity index (χ4v) is 8.31. The summed E-state index contributed by atoms with van der Waals surface area (Å²) in [5.41, 5.74) is 0.442. The van der Waals surface area contributed by atoms with Crippen LogP contribution in [0.2, 0.25) is 0 Å². The predicted molar refractivity (Wildman–Crippen MR) is 132 cm³/mol. The van der Waals surface area contributed by atoms with Crippen LogP contribution in [0.15, 0.2) is 4.21 Å². The Morgan fingerprint density at radius 2 is 1.52 bits per heavy atom. The Hall–Kier alpha value is -1.23. The number of rotatable bonds is 6. The maximum Gasteiger partial charge on any atom is 0.324 e. The molecule has 0 aromatic carbocycles. The molecule has 1 aromatic heterocycles. The summed E-state index contributed by atoms with van der Waals surface area (Å²) in [6, 6.07) is 0.378. The van der Waals surface area contributed by atoms with E-state index in [1.165, 1.54) is 38.5 Å². The number of thiazole rings is 1. The number of anilines is 1. The van der Waals surface area contributed by atoms with E-state index in [0.717, 1.165) is 63.0 Å². The molecule has 1 aromatic rings. The van der Waals surface area contributed by atoms with Gasteiger partial charge < -0.3 is 9.80 Å². The molecule has 10 heteroatoms. The normalized spacial score (nSPS) is 22.4. The smallest absolute Gasteiger partial charge is 0.319 e. The van der Waals surface area contributed by atoms with Gasteiger partial charge in [0.2, 0.25) is 0 Å². The molecular formula is C23H39N5O3S2. The molecule has 4 rings (SSSR count). The van der Waals surface area contributed by atoms with Crippen molar-refractivity contribution in [3.8, 4) is 0 Å². The third kappa shape index (κ3) is 6.26. The lowest BCUT2D eigenvalue weighted by Crippen LogP contribution is -2.50. The first-order chi connectivity index (χ1) is 15.8. The Labute approximate surface area is 202 Å². The summed E-state index contributed by atoms with van der Waals surface area (Å²) in [7, 11) is -1.61. The number of likely N-dealkylation sites (tertiary alicyclic amines) is 1. The van der Waals surface area contributed by atoms with Crippen molar-refractivity contribution >= 4 is 32.5 Å². The van der Waals surface area contributed by atoms with Gasteiger partial charge in [-0.25, -0.2) is 22.9 Å². The average Bonchev–Trinajstić information content (AvgIpc) is 3.18. The number of piperidine rings is 1. The lowest BCUT2D eigenvalue weighted by molar-refractivity contribution is 0.114. The Kier molecular flexibility index (Phi) is 8.30. The zero-order valence-electron chi connectivity index (χ0n) is 20.0. The van der Waals surface area contributed by atoms with Gasteiger partial charge in [0.05, 0.1) is 5.69 Å². The molecule has 2 heterocycles. The third-order valence-electron chi connectivity index (χ3n) is 7.42. The Balaban J connectivity index is 1.46. The van der Waals surface area contributed by atoms with Gasteiger partial charge in [0.1, 0.15) is 0 Å². The van der Waals surface area contributed by atoms with Gasteiger partial charge in [-0.3, -0.25) is 5.32 Å². The van der Waals surface area contributed by atoms with E-state index in [1.54, 1.807) is 6.92 Å². The highest BCUT2D eigenvalue weighted by atomic mass is 32.2. The van der Waals surface area contributed by atoms with Crippen molar-refractivity contribution in [3.05, 3.63) is 5.69 Å². The summed E-state index contributed by atoms with van der Waals surface area (Å²) in [6.45, 7) is 3.47. The summed E-state index contributed by atoms with van der Waals surface area (Å²) < 4.78 is 29.2. The van der Waals surface area contributed by atoms with E-state index >= 15 is 0 Å². The number of sulfonamides is 1. The summed E-state index contributed by atoms with van der Waals surface area (Å²) in [6.07, 6.45) is 13.0. The van der Waals surface area contributed by atoms with Gasteiger partial charge in [-0.2, -0.15) is 0 Å². The highest BCUT2D eigenvalue weighted by Crippen LogP contribution is 2.32.